The number of nitrogens with zero attached hydrogens (tertiary/aromatic N) is 3. The largest absolute Gasteiger partial charge is 0.473 e. The van der Waals surface area contributed by atoms with Crippen molar-refractivity contribution in [3.05, 3.63) is 77.5 Å². The first-order chi connectivity index (χ1) is 13.1. The van der Waals surface area contributed by atoms with Gasteiger partial charge in [0.05, 0.1) is 11.2 Å². The van der Waals surface area contributed by atoms with Crippen molar-refractivity contribution < 1.29 is 4.74 Å². The Morgan fingerprint density at radius 2 is 1.70 bits per heavy atom. The van der Waals surface area contributed by atoms with E-state index < -0.39 is 0 Å². The standard InChI is InChI=1S/C22H20N4O/c1-14-7-6-10-17-12-18(13-27-19-11-15(2)24-22(23)25-19)21(26-20(14)17)16-8-4-3-5-9-16/h3-12H,13H2,1-2H3,(H2,23,24,25). The van der Waals surface area contributed by atoms with E-state index >= 15 is 0 Å². The van der Waals surface area contributed by atoms with Crippen LogP contribution in [0.1, 0.15) is 16.8 Å². The van der Waals surface area contributed by atoms with Gasteiger partial charge in [-0.25, -0.2) is 9.97 Å². The highest BCUT2D eigenvalue weighted by atomic mass is 16.5. The van der Waals surface area contributed by atoms with Crippen LogP contribution in [0.2, 0.25) is 0 Å². The minimum Gasteiger partial charge on any atom is -0.473 e. The predicted molar refractivity (Wildman–Crippen MR) is 107 cm³/mol. The molecule has 5 heteroatoms. The summed E-state index contributed by atoms with van der Waals surface area (Å²) < 4.78 is 5.92. The Balaban J connectivity index is 1.78. The van der Waals surface area contributed by atoms with Crippen LogP contribution in [0.5, 0.6) is 5.88 Å². The van der Waals surface area contributed by atoms with Crippen LogP contribution < -0.4 is 10.5 Å². The maximum Gasteiger partial charge on any atom is 0.223 e. The van der Waals surface area contributed by atoms with E-state index in [1.54, 1.807) is 6.07 Å². The minimum absolute atomic E-state index is 0.209. The first kappa shape index (κ1) is 17.0. The van der Waals surface area contributed by atoms with Crippen LogP contribution in [-0.2, 0) is 6.61 Å². The quantitative estimate of drug-likeness (QED) is 0.584. The number of pyridine rings is 1. The van der Waals surface area contributed by atoms with Crippen LogP contribution in [-0.4, -0.2) is 15.0 Å². The van der Waals surface area contributed by atoms with E-state index in [1.165, 1.54) is 0 Å². The lowest BCUT2D eigenvalue weighted by Crippen LogP contribution is -2.04. The zero-order valence-electron chi connectivity index (χ0n) is 15.3. The van der Waals surface area contributed by atoms with Gasteiger partial charge in [0, 0.05) is 28.3 Å². The van der Waals surface area contributed by atoms with Gasteiger partial charge in [-0.2, -0.15) is 4.98 Å². The molecule has 2 aromatic carbocycles. The van der Waals surface area contributed by atoms with Gasteiger partial charge in [0.25, 0.3) is 0 Å². The van der Waals surface area contributed by atoms with Gasteiger partial charge in [-0.3, -0.25) is 0 Å². The van der Waals surface area contributed by atoms with E-state index in [0.29, 0.717) is 12.5 Å². The first-order valence-electron chi connectivity index (χ1n) is 8.79. The molecule has 4 aromatic rings. The van der Waals surface area contributed by atoms with Crippen LogP contribution in [0.3, 0.4) is 0 Å². The third-order valence-electron chi connectivity index (χ3n) is 4.40. The monoisotopic (exact) mass is 356 g/mol. The average molecular weight is 356 g/mol. The SMILES string of the molecule is Cc1cc(OCc2cc3cccc(C)c3nc2-c2ccccc2)nc(N)n1. The Morgan fingerprint density at radius 3 is 2.48 bits per heavy atom. The molecule has 0 saturated heterocycles. The number of hydrogen-bond acceptors (Lipinski definition) is 5. The lowest BCUT2D eigenvalue weighted by molar-refractivity contribution is 0.294. The van der Waals surface area contributed by atoms with Crippen molar-refractivity contribution in [2.24, 2.45) is 0 Å². The predicted octanol–water partition coefficient (Wildman–Crippen LogP) is 4.47. The molecule has 2 N–H and O–H groups in total. The molecule has 2 aromatic heterocycles. The summed E-state index contributed by atoms with van der Waals surface area (Å²) in [7, 11) is 0. The fourth-order valence-electron chi connectivity index (χ4n) is 3.13. The van der Waals surface area contributed by atoms with E-state index in [-0.39, 0.29) is 5.95 Å². The maximum absolute atomic E-state index is 5.92. The van der Waals surface area contributed by atoms with E-state index in [4.69, 9.17) is 15.5 Å². The van der Waals surface area contributed by atoms with Gasteiger partial charge >= 0.3 is 0 Å². The lowest BCUT2D eigenvalue weighted by Gasteiger charge is -2.13. The summed E-state index contributed by atoms with van der Waals surface area (Å²) in [4.78, 5) is 13.2. The van der Waals surface area contributed by atoms with Crippen molar-refractivity contribution in [2.45, 2.75) is 20.5 Å². The summed E-state index contributed by atoms with van der Waals surface area (Å²) in [5.41, 5.74) is 11.6. The van der Waals surface area contributed by atoms with Crippen LogP contribution in [0.15, 0.2) is 60.7 Å². The molecular formula is C22H20N4O. The van der Waals surface area contributed by atoms with Gasteiger partial charge in [-0.05, 0) is 25.5 Å². The summed E-state index contributed by atoms with van der Waals surface area (Å²) >= 11 is 0. The summed E-state index contributed by atoms with van der Waals surface area (Å²) in [5.74, 6) is 0.670. The summed E-state index contributed by atoms with van der Waals surface area (Å²) in [6.07, 6.45) is 0. The number of benzene rings is 2. The molecule has 0 aliphatic rings. The number of para-hydroxylation sites is 1. The van der Waals surface area contributed by atoms with E-state index in [9.17, 15) is 0 Å². The number of ether oxygens (including phenoxy) is 1. The zero-order valence-corrected chi connectivity index (χ0v) is 15.3. The van der Waals surface area contributed by atoms with Gasteiger partial charge in [0.15, 0.2) is 0 Å². The van der Waals surface area contributed by atoms with Crippen molar-refractivity contribution >= 4 is 16.9 Å². The Hall–Kier alpha value is -3.47. The van der Waals surface area contributed by atoms with Crippen molar-refractivity contribution in [2.75, 3.05) is 5.73 Å². The molecular weight excluding hydrogens is 336 g/mol. The summed E-state index contributed by atoms with van der Waals surface area (Å²) in [6, 6.07) is 20.2. The molecule has 4 rings (SSSR count). The molecule has 27 heavy (non-hydrogen) atoms. The molecule has 0 bridgehead atoms. The second-order valence-electron chi connectivity index (χ2n) is 6.50. The van der Waals surface area contributed by atoms with Crippen LogP contribution >= 0.6 is 0 Å². The molecule has 0 amide bonds. The van der Waals surface area contributed by atoms with Gasteiger partial charge in [0.2, 0.25) is 11.8 Å². The topological polar surface area (TPSA) is 73.9 Å². The number of nitrogens with two attached hydrogens (primary N) is 1. The Bertz CT molecular complexity index is 1090. The highest BCUT2D eigenvalue weighted by Gasteiger charge is 2.12. The van der Waals surface area contributed by atoms with Gasteiger partial charge in [-0.1, -0.05) is 48.5 Å². The van der Waals surface area contributed by atoms with Crippen LogP contribution in [0.25, 0.3) is 22.2 Å². The molecule has 0 aliphatic carbocycles. The highest BCUT2D eigenvalue weighted by molar-refractivity contribution is 5.85. The Morgan fingerprint density at radius 1 is 0.889 bits per heavy atom. The number of nitrogen functional groups attached to an aromatic ring is 1. The fraction of sp³-hybridized carbons (Fsp3) is 0.136. The second kappa shape index (κ2) is 7.03. The van der Waals surface area contributed by atoms with E-state index in [2.05, 4.69) is 47.2 Å². The van der Waals surface area contributed by atoms with E-state index in [0.717, 1.165) is 39.0 Å². The number of rotatable bonds is 4. The van der Waals surface area contributed by atoms with Crippen molar-refractivity contribution in [1.82, 2.24) is 15.0 Å². The van der Waals surface area contributed by atoms with Crippen LogP contribution in [0, 0.1) is 13.8 Å². The molecule has 0 saturated carbocycles. The molecule has 5 nitrogen and oxygen atoms in total. The molecule has 0 radical (unpaired) electrons. The molecule has 0 atom stereocenters. The molecule has 0 spiro atoms. The molecule has 2 heterocycles. The number of fused-ring (bicyclic) bond motifs is 1. The lowest BCUT2D eigenvalue weighted by atomic mass is 10.0. The van der Waals surface area contributed by atoms with Crippen molar-refractivity contribution in [3.8, 4) is 17.1 Å². The molecule has 0 fully saturated rings. The molecule has 0 unspecified atom stereocenters. The first-order valence-corrected chi connectivity index (χ1v) is 8.79. The third kappa shape index (κ3) is 3.58. The second-order valence-corrected chi connectivity index (χ2v) is 6.50. The number of hydrogen-bond donors (Lipinski definition) is 1. The highest BCUT2D eigenvalue weighted by Crippen LogP contribution is 2.28. The number of anilines is 1. The smallest absolute Gasteiger partial charge is 0.223 e. The minimum atomic E-state index is 0.209. The molecule has 0 aliphatic heterocycles. The number of aromatic nitrogens is 3. The van der Waals surface area contributed by atoms with Crippen molar-refractivity contribution in [3.63, 3.8) is 0 Å². The van der Waals surface area contributed by atoms with Gasteiger partial charge < -0.3 is 10.5 Å². The van der Waals surface area contributed by atoms with E-state index in [1.807, 2.05) is 31.2 Å². The van der Waals surface area contributed by atoms with Crippen molar-refractivity contribution in [1.29, 1.82) is 0 Å². The zero-order chi connectivity index (χ0) is 18.8. The summed E-state index contributed by atoms with van der Waals surface area (Å²) in [5, 5.41) is 1.09. The van der Waals surface area contributed by atoms with Gasteiger partial charge in [0.1, 0.15) is 6.61 Å². The number of aryl methyl sites for hydroxylation is 2. The molecule has 134 valence electrons. The normalized spacial score (nSPS) is 10.9. The Labute approximate surface area is 157 Å². The summed E-state index contributed by atoms with van der Waals surface area (Å²) in [6.45, 7) is 4.28. The maximum atomic E-state index is 5.92. The third-order valence-corrected chi connectivity index (χ3v) is 4.40. The fourth-order valence-corrected chi connectivity index (χ4v) is 3.13. The Kier molecular flexibility index (Phi) is 4.42. The van der Waals surface area contributed by atoms with Gasteiger partial charge in [-0.15, -0.1) is 0 Å². The average Bonchev–Trinajstić information content (AvgIpc) is 2.66. The van der Waals surface area contributed by atoms with Crippen LogP contribution in [0.4, 0.5) is 5.95 Å².